The highest BCUT2D eigenvalue weighted by molar-refractivity contribution is 7.36. The van der Waals surface area contributed by atoms with E-state index in [2.05, 4.69) is 11.9 Å². The van der Waals surface area contributed by atoms with Crippen molar-refractivity contribution >= 4 is 32.1 Å². The standard InChI is InChI=1S/C13H17NO2S2/c1-3-4-5-6-14-13-17-11-9(15)7-8(2)10(16)12(11)18-13/h7,15-16H,3-6H2,1-2H3/b14-13+. The van der Waals surface area contributed by atoms with Crippen LogP contribution in [-0.4, -0.2) is 16.8 Å². The van der Waals surface area contributed by atoms with E-state index in [4.69, 9.17) is 0 Å². The van der Waals surface area contributed by atoms with Crippen LogP contribution in [0.2, 0.25) is 0 Å². The van der Waals surface area contributed by atoms with Gasteiger partial charge in [0.2, 0.25) is 0 Å². The van der Waals surface area contributed by atoms with Crippen molar-refractivity contribution in [2.24, 2.45) is 4.99 Å². The van der Waals surface area contributed by atoms with Gasteiger partial charge in [-0.05, 0) is 25.0 Å². The average molecular weight is 283 g/mol. The van der Waals surface area contributed by atoms with Gasteiger partial charge in [0.25, 0.3) is 0 Å². The summed E-state index contributed by atoms with van der Waals surface area (Å²) < 4.78 is 2.39. The van der Waals surface area contributed by atoms with Crippen molar-refractivity contribution in [2.45, 2.75) is 33.1 Å². The van der Waals surface area contributed by atoms with E-state index in [-0.39, 0.29) is 11.5 Å². The zero-order valence-electron chi connectivity index (χ0n) is 10.6. The van der Waals surface area contributed by atoms with Gasteiger partial charge in [-0.3, -0.25) is 4.99 Å². The van der Waals surface area contributed by atoms with Crippen molar-refractivity contribution in [2.75, 3.05) is 6.54 Å². The first kappa shape index (κ1) is 13.4. The predicted octanol–water partition coefficient (Wildman–Crippen LogP) is 3.77. The van der Waals surface area contributed by atoms with E-state index in [0.29, 0.717) is 5.56 Å². The Labute approximate surface area is 114 Å². The molecule has 1 aromatic carbocycles. The molecule has 0 aliphatic rings. The number of nitrogens with zero attached hydrogens (tertiary/aromatic N) is 1. The molecule has 0 saturated carbocycles. The second kappa shape index (κ2) is 5.71. The van der Waals surface area contributed by atoms with Gasteiger partial charge in [-0.25, -0.2) is 0 Å². The average Bonchev–Trinajstić information content (AvgIpc) is 2.77. The van der Waals surface area contributed by atoms with Crippen molar-refractivity contribution in [3.63, 3.8) is 0 Å². The molecule has 18 heavy (non-hydrogen) atoms. The second-order valence-electron chi connectivity index (χ2n) is 4.28. The Morgan fingerprint density at radius 1 is 1.17 bits per heavy atom. The molecule has 2 rings (SSSR count). The second-order valence-corrected chi connectivity index (χ2v) is 6.53. The van der Waals surface area contributed by atoms with Crippen LogP contribution >= 0.6 is 22.7 Å². The van der Waals surface area contributed by atoms with Gasteiger partial charge in [0.15, 0.2) is 3.98 Å². The summed E-state index contributed by atoms with van der Waals surface area (Å²) in [6, 6.07) is 1.60. The molecule has 1 aromatic heterocycles. The molecule has 0 aliphatic carbocycles. The Kier molecular flexibility index (Phi) is 4.24. The lowest BCUT2D eigenvalue weighted by atomic mass is 10.2. The summed E-state index contributed by atoms with van der Waals surface area (Å²) in [6.45, 7) is 4.77. The van der Waals surface area contributed by atoms with Gasteiger partial charge in [0, 0.05) is 6.54 Å². The summed E-state index contributed by atoms with van der Waals surface area (Å²) in [5.41, 5.74) is 0.701. The third kappa shape index (κ3) is 2.67. The molecule has 1 heterocycles. The highest BCUT2D eigenvalue weighted by Crippen LogP contribution is 2.38. The number of fused-ring (bicyclic) bond motifs is 1. The monoisotopic (exact) mass is 283 g/mol. The maximum atomic E-state index is 9.97. The highest BCUT2D eigenvalue weighted by Gasteiger charge is 2.11. The molecular formula is C13H17NO2S2. The van der Waals surface area contributed by atoms with Crippen molar-refractivity contribution in [1.82, 2.24) is 0 Å². The first-order chi connectivity index (χ1) is 8.63. The van der Waals surface area contributed by atoms with Gasteiger partial charge in [-0.1, -0.05) is 19.8 Å². The topological polar surface area (TPSA) is 52.8 Å². The summed E-state index contributed by atoms with van der Waals surface area (Å²) >= 11 is 2.90. The number of rotatable bonds is 4. The van der Waals surface area contributed by atoms with Gasteiger partial charge in [-0.15, -0.1) is 22.7 Å². The molecule has 2 aromatic rings. The maximum absolute atomic E-state index is 9.97. The fraction of sp³-hybridized carbons (Fsp3) is 0.462. The van der Waals surface area contributed by atoms with Crippen LogP contribution in [0.3, 0.4) is 0 Å². The van der Waals surface area contributed by atoms with Crippen LogP contribution in [0.4, 0.5) is 0 Å². The summed E-state index contributed by atoms with van der Waals surface area (Å²) in [6.07, 6.45) is 3.47. The van der Waals surface area contributed by atoms with E-state index in [1.807, 2.05) is 0 Å². The first-order valence-electron chi connectivity index (χ1n) is 6.09. The number of phenolic OH excluding ortho intramolecular Hbond substituents is 2. The van der Waals surface area contributed by atoms with Crippen LogP contribution in [0, 0.1) is 6.92 Å². The summed E-state index contributed by atoms with van der Waals surface area (Å²) in [4.78, 5) is 4.51. The lowest BCUT2D eigenvalue weighted by Gasteiger charge is -2.00. The van der Waals surface area contributed by atoms with Gasteiger partial charge in [-0.2, -0.15) is 0 Å². The van der Waals surface area contributed by atoms with Gasteiger partial charge >= 0.3 is 0 Å². The minimum absolute atomic E-state index is 0.233. The summed E-state index contributed by atoms with van der Waals surface area (Å²) in [5.74, 6) is 0.496. The number of unbranched alkanes of at least 4 members (excludes halogenated alkanes) is 2. The molecule has 98 valence electrons. The van der Waals surface area contributed by atoms with Crippen LogP contribution in [0.25, 0.3) is 9.40 Å². The normalized spacial score (nSPS) is 12.4. The molecule has 0 fully saturated rings. The molecule has 5 heteroatoms. The minimum Gasteiger partial charge on any atom is -0.506 e. The zero-order chi connectivity index (χ0) is 13.1. The van der Waals surface area contributed by atoms with E-state index in [9.17, 15) is 10.2 Å². The number of hydrogen-bond acceptors (Lipinski definition) is 5. The van der Waals surface area contributed by atoms with Gasteiger partial charge in [0.05, 0.1) is 9.40 Å². The number of benzene rings is 1. The number of aromatic hydroxyl groups is 2. The Balaban J connectivity index is 2.38. The van der Waals surface area contributed by atoms with E-state index in [1.165, 1.54) is 35.5 Å². The SMILES string of the molecule is CCCCC/N=c1\sc2c(O)cc(C)c(O)c2s1. The van der Waals surface area contributed by atoms with Gasteiger partial charge < -0.3 is 10.2 Å². The minimum atomic E-state index is 0.233. The largest absolute Gasteiger partial charge is 0.506 e. The third-order valence-electron chi connectivity index (χ3n) is 2.76. The molecule has 0 atom stereocenters. The molecule has 0 unspecified atom stereocenters. The molecule has 3 nitrogen and oxygen atoms in total. The van der Waals surface area contributed by atoms with Gasteiger partial charge in [0.1, 0.15) is 11.5 Å². The first-order valence-corrected chi connectivity index (χ1v) is 7.72. The number of hydrogen-bond donors (Lipinski definition) is 2. The van der Waals surface area contributed by atoms with E-state index < -0.39 is 0 Å². The van der Waals surface area contributed by atoms with E-state index >= 15 is 0 Å². The highest BCUT2D eigenvalue weighted by atomic mass is 32.2. The lowest BCUT2D eigenvalue weighted by molar-refractivity contribution is 0.467. The smallest absolute Gasteiger partial charge is 0.167 e. The van der Waals surface area contributed by atoms with Crippen molar-refractivity contribution in [3.05, 3.63) is 15.6 Å². The zero-order valence-corrected chi connectivity index (χ0v) is 12.2. The van der Waals surface area contributed by atoms with Crippen molar-refractivity contribution < 1.29 is 10.2 Å². The summed E-state index contributed by atoms with van der Waals surface area (Å²) in [7, 11) is 0. The molecule has 0 saturated heterocycles. The molecule has 0 bridgehead atoms. The predicted molar refractivity (Wildman–Crippen MR) is 77.7 cm³/mol. The third-order valence-corrected chi connectivity index (χ3v) is 5.22. The van der Waals surface area contributed by atoms with E-state index in [0.717, 1.165) is 26.4 Å². The Morgan fingerprint density at radius 2 is 1.89 bits per heavy atom. The molecular weight excluding hydrogens is 266 g/mol. The van der Waals surface area contributed by atoms with Crippen molar-refractivity contribution in [1.29, 1.82) is 0 Å². The Hall–Kier alpha value is -1.07. The molecule has 0 spiro atoms. The molecule has 0 radical (unpaired) electrons. The lowest BCUT2D eigenvalue weighted by Crippen LogP contribution is -1.90. The molecule has 0 aliphatic heterocycles. The fourth-order valence-corrected chi connectivity index (χ4v) is 4.11. The van der Waals surface area contributed by atoms with Crippen molar-refractivity contribution in [3.8, 4) is 11.5 Å². The maximum Gasteiger partial charge on any atom is 0.167 e. The van der Waals surface area contributed by atoms with Crippen LogP contribution < -0.4 is 3.98 Å². The number of aryl methyl sites for hydroxylation is 1. The van der Waals surface area contributed by atoms with Crippen LogP contribution in [0.1, 0.15) is 31.7 Å². The molecule has 2 N–H and O–H groups in total. The van der Waals surface area contributed by atoms with E-state index in [1.54, 1.807) is 13.0 Å². The quantitative estimate of drug-likeness (QED) is 0.663. The van der Waals surface area contributed by atoms with Crippen LogP contribution in [0.15, 0.2) is 11.1 Å². The van der Waals surface area contributed by atoms with Crippen LogP contribution in [-0.2, 0) is 0 Å². The number of phenols is 2. The Morgan fingerprint density at radius 3 is 2.61 bits per heavy atom. The van der Waals surface area contributed by atoms with Crippen LogP contribution in [0.5, 0.6) is 11.5 Å². The summed E-state index contributed by atoms with van der Waals surface area (Å²) in [5, 5.41) is 19.8. The fourth-order valence-electron chi connectivity index (χ4n) is 1.73. The Bertz CT molecular complexity index is 613. The molecule has 0 amide bonds.